The highest BCUT2D eigenvalue weighted by molar-refractivity contribution is 5.88. The Morgan fingerprint density at radius 1 is 1.30 bits per heavy atom. The molecule has 0 aliphatic carbocycles. The lowest BCUT2D eigenvalue weighted by atomic mass is 10.1. The van der Waals surface area contributed by atoms with Crippen LogP contribution in [0.2, 0.25) is 0 Å². The second kappa shape index (κ2) is 6.23. The number of carbonyl (C=O) groups is 2. The number of nitrogens with one attached hydrogen (secondary N) is 2. The molecule has 1 heterocycles. The van der Waals surface area contributed by atoms with Gasteiger partial charge in [0.15, 0.2) is 6.61 Å². The van der Waals surface area contributed by atoms with E-state index in [9.17, 15) is 9.59 Å². The molecule has 0 bridgehead atoms. The van der Waals surface area contributed by atoms with Crippen molar-refractivity contribution in [1.82, 2.24) is 10.3 Å². The van der Waals surface area contributed by atoms with Gasteiger partial charge in [-0.15, -0.1) is 0 Å². The Morgan fingerprint density at radius 3 is 2.80 bits per heavy atom. The first kappa shape index (κ1) is 14.1. The maximum Gasteiger partial charge on any atom is 0.310 e. The van der Waals surface area contributed by atoms with E-state index in [1.807, 2.05) is 38.1 Å². The summed E-state index contributed by atoms with van der Waals surface area (Å²) in [6.45, 7) is 3.47. The Balaban J connectivity index is 1.90. The third kappa shape index (κ3) is 3.60. The standard InChI is InChI=1S/C15H18N2O3/c1-10(2)17-14(18)9-20-15(19)7-11-8-16-13-6-4-3-5-12(11)13/h3-6,8,10,16H,7,9H2,1-2H3,(H,17,18). The molecule has 0 saturated heterocycles. The Kier molecular flexibility index (Phi) is 4.40. The normalized spacial score (nSPS) is 10.8. The average molecular weight is 274 g/mol. The maximum atomic E-state index is 11.7. The minimum absolute atomic E-state index is 0.0369. The Hall–Kier alpha value is -2.30. The van der Waals surface area contributed by atoms with E-state index in [4.69, 9.17) is 4.74 Å². The highest BCUT2D eigenvalue weighted by atomic mass is 16.5. The lowest BCUT2D eigenvalue weighted by molar-refractivity contribution is -0.148. The molecule has 0 fully saturated rings. The summed E-state index contributed by atoms with van der Waals surface area (Å²) in [5.74, 6) is -0.694. The van der Waals surface area contributed by atoms with Crippen LogP contribution in [0.15, 0.2) is 30.5 Å². The second-order valence-electron chi connectivity index (χ2n) is 4.92. The molecule has 0 radical (unpaired) electrons. The van der Waals surface area contributed by atoms with Crippen molar-refractivity contribution in [2.75, 3.05) is 6.61 Å². The summed E-state index contributed by atoms with van der Waals surface area (Å²) in [5, 5.41) is 3.66. The lowest BCUT2D eigenvalue weighted by Gasteiger charge is -2.08. The zero-order valence-corrected chi connectivity index (χ0v) is 11.6. The molecule has 1 amide bonds. The summed E-state index contributed by atoms with van der Waals surface area (Å²) >= 11 is 0. The number of benzene rings is 1. The molecule has 5 nitrogen and oxygen atoms in total. The second-order valence-corrected chi connectivity index (χ2v) is 4.92. The molecule has 2 rings (SSSR count). The highest BCUT2D eigenvalue weighted by Gasteiger charge is 2.11. The Morgan fingerprint density at radius 2 is 2.05 bits per heavy atom. The molecule has 2 aromatic rings. The number of hydrogen-bond acceptors (Lipinski definition) is 3. The van der Waals surface area contributed by atoms with E-state index in [1.165, 1.54) is 0 Å². The maximum absolute atomic E-state index is 11.7. The molecule has 0 aliphatic rings. The quantitative estimate of drug-likeness (QED) is 0.816. The number of fused-ring (bicyclic) bond motifs is 1. The van der Waals surface area contributed by atoms with E-state index in [0.717, 1.165) is 16.5 Å². The largest absolute Gasteiger partial charge is 0.455 e. The van der Waals surface area contributed by atoms with Gasteiger partial charge in [-0.3, -0.25) is 9.59 Å². The Labute approximate surface area is 117 Å². The minimum atomic E-state index is -0.409. The van der Waals surface area contributed by atoms with Crippen LogP contribution < -0.4 is 5.32 Å². The molecule has 0 atom stereocenters. The van der Waals surface area contributed by atoms with Gasteiger partial charge in [0, 0.05) is 23.1 Å². The van der Waals surface area contributed by atoms with Gasteiger partial charge in [0.2, 0.25) is 0 Å². The van der Waals surface area contributed by atoms with Gasteiger partial charge < -0.3 is 15.0 Å². The topological polar surface area (TPSA) is 71.2 Å². The minimum Gasteiger partial charge on any atom is -0.455 e. The number of carbonyl (C=O) groups excluding carboxylic acids is 2. The molecule has 0 saturated carbocycles. The summed E-state index contributed by atoms with van der Waals surface area (Å²) in [4.78, 5) is 26.2. The van der Waals surface area contributed by atoms with Crippen molar-refractivity contribution in [3.8, 4) is 0 Å². The van der Waals surface area contributed by atoms with Crippen molar-refractivity contribution in [2.45, 2.75) is 26.3 Å². The Bertz CT molecular complexity index is 616. The molecular formula is C15H18N2O3. The fourth-order valence-corrected chi connectivity index (χ4v) is 1.99. The molecular weight excluding hydrogens is 256 g/mol. The van der Waals surface area contributed by atoms with Crippen LogP contribution in [-0.2, 0) is 20.7 Å². The summed E-state index contributed by atoms with van der Waals surface area (Å²) in [6.07, 6.45) is 1.94. The van der Waals surface area contributed by atoms with Crippen LogP contribution in [0.5, 0.6) is 0 Å². The van der Waals surface area contributed by atoms with Crippen LogP contribution in [0, 0.1) is 0 Å². The van der Waals surface area contributed by atoms with Crippen LogP contribution in [-0.4, -0.2) is 29.5 Å². The molecule has 1 aromatic heterocycles. The zero-order chi connectivity index (χ0) is 14.5. The number of para-hydroxylation sites is 1. The first-order valence-electron chi connectivity index (χ1n) is 6.56. The van der Waals surface area contributed by atoms with E-state index in [-0.39, 0.29) is 25.0 Å². The number of esters is 1. The molecule has 1 aromatic carbocycles. The van der Waals surface area contributed by atoms with Gasteiger partial charge in [-0.1, -0.05) is 18.2 Å². The van der Waals surface area contributed by atoms with Gasteiger partial charge in [-0.2, -0.15) is 0 Å². The summed E-state index contributed by atoms with van der Waals surface area (Å²) < 4.78 is 4.96. The third-order valence-electron chi connectivity index (χ3n) is 2.82. The smallest absolute Gasteiger partial charge is 0.310 e. The van der Waals surface area contributed by atoms with E-state index >= 15 is 0 Å². The van der Waals surface area contributed by atoms with Gasteiger partial charge >= 0.3 is 5.97 Å². The fourth-order valence-electron chi connectivity index (χ4n) is 1.99. The molecule has 0 spiro atoms. The predicted octanol–water partition coefficient (Wildman–Crippen LogP) is 1.78. The van der Waals surface area contributed by atoms with Crippen molar-refractivity contribution in [3.05, 3.63) is 36.0 Å². The molecule has 2 N–H and O–H groups in total. The van der Waals surface area contributed by atoms with Gasteiger partial charge in [0.25, 0.3) is 5.91 Å². The van der Waals surface area contributed by atoms with E-state index in [0.29, 0.717) is 0 Å². The van der Waals surface area contributed by atoms with Crippen molar-refractivity contribution < 1.29 is 14.3 Å². The summed E-state index contributed by atoms with van der Waals surface area (Å²) in [5.41, 5.74) is 1.85. The number of amides is 1. The number of hydrogen-bond donors (Lipinski definition) is 2. The monoisotopic (exact) mass is 274 g/mol. The van der Waals surface area contributed by atoms with E-state index in [2.05, 4.69) is 10.3 Å². The summed E-state index contributed by atoms with van der Waals surface area (Å²) in [6, 6.07) is 7.77. The van der Waals surface area contributed by atoms with Crippen LogP contribution in [0.25, 0.3) is 10.9 Å². The SMILES string of the molecule is CC(C)NC(=O)COC(=O)Cc1c[nH]c2ccccc12. The molecule has 5 heteroatoms. The van der Waals surface area contributed by atoms with Gasteiger partial charge in [0.1, 0.15) is 0 Å². The van der Waals surface area contributed by atoms with Crippen LogP contribution >= 0.6 is 0 Å². The van der Waals surface area contributed by atoms with Crippen molar-refractivity contribution in [1.29, 1.82) is 0 Å². The predicted molar refractivity (Wildman–Crippen MR) is 76.2 cm³/mol. The first-order valence-corrected chi connectivity index (χ1v) is 6.56. The number of H-pyrrole nitrogens is 1. The molecule has 0 aliphatic heterocycles. The number of aromatic amines is 1. The molecule has 0 unspecified atom stereocenters. The van der Waals surface area contributed by atoms with Gasteiger partial charge in [0.05, 0.1) is 6.42 Å². The average Bonchev–Trinajstić information content (AvgIpc) is 2.79. The first-order chi connectivity index (χ1) is 9.56. The van der Waals surface area contributed by atoms with Crippen molar-refractivity contribution in [2.24, 2.45) is 0 Å². The highest BCUT2D eigenvalue weighted by Crippen LogP contribution is 2.18. The van der Waals surface area contributed by atoms with Crippen molar-refractivity contribution in [3.63, 3.8) is 0 Å². The van der Waals surface area contributed by atoms with Crippen LogP contribution in [0.1, 0.15) is 19.4 Å². The molecule has 20 heavy (non-hydrogen) atoms. The molecule has 106 valence electrons. The third-order valence-corrected chi connectivity index (χ3v) is 2.82. The number of ether oxygens (including phenoxy) is 1. The number of rotatable bonds is 5. The van der Waals surface area contributed by atoms with Gasteiger partial charge in [-0.25, -0.2) is 0 Å². The fraction of sp³-hybridized carbons (Fsp3) is 0.333. The van der Waals surface area contributed by atoms with Crippen LogP contribution in [0.4, 0.5) is 0 Å². The van der Waals surface area contributed by atoms with Gasteiger partial charge in [-0.05, 0) is 25.5 Å². The lowest BCUT2D eigenvalue weighted by Crippen LogP contribution is -2.34. The van der Waals surface area contributed by atoms with E-state index in [1.54, 1.807) is 6.20 Å². The summed E-state index contributed by atoms with van der Waals surface area (Å²) in [7, 11) is 0. The number of aromatic nitrogens is 1. The van der Waals surface area contributed by atoms with Crippen LogP contribution in [0.3, 0.4) is 0 Å². The zero-order valence-electron chi connectivity index (χ0n) is 11.6. The van der Waals surface area contributed by atoms with E-state index < -0.39 is 5.97 Å². The van der Waals surface area contributed by atoms with Crippen molar-refractivity contribution >= 4 is 22.8 Å².